The van der Waals surface area contributed by atoms with Crippen LogP contribution in [0.2, 0.25) is 0 Å². The highest BCUT2D eigenvalue weighted by molar-refractivity contribution is 5.95. The van der Waals surface area contributed by atoms with Gasteiger partial charge in [0.1, 0.15) is 6.26 Å². The van der Waals surface area contributed by atoms with Crippen LogP contribution in [0.15, 0.2) is 16.7 Å². The molecule has 2 unspecified atom stereocenters. The highest BCUT2D eigenvalue weighted by Crippen LogP contribution is 2.27. The van der Waals surface area contributed by atoms with Crippen molar-refractivity contribution < 1.29 is 19.1 Å². The lowest BCUT2D eigenvalue weighted by molar-refractivity contribution is 0.0688. The Labute approximate surface area is 105 Å². The van der Waals surface area contributed by atoms with Crippen molar-refractivity contribution in [2.75, 3.05) is 6.54 Å². The van der Waals surface area contributed by atoms with Gasteiger partial charge in [0.25, 0.3) is 5.91 Å². The van der Waals surface area contributed by atoms with Crippen LogP contribution in [-0.4, -0.2) is 34.5 Å². The number of furan rings is 1. The number of hydrogen-bond acceptors (Lipinski definition) is 3. The van der Waals surface area contributed by atoms with Crippen LogP contribution in [0.25, 0.3) is 0 Å². The van der Waals surface area contributed by atoms with Gasteiger partial charge in [-0.3, -0.25) is 4.79 Å². The van der Waals surface area contributed by atoms with Gasteiger partial charge in [0, 0.05) is 18.7 Å². The van der Waals surface area contributed by atoms with E-state index in [1.54, 1.807) is 4.90 Å². The smallest absolute Gasteiger partial charge is 0.338 e. The lowest BCUT2D eigenvalue weighted by atomic mass is 10.1. The Morgan fingerprint density at radius 2 is 2.28 bits per heavy atom. The predicted molar refractivity (Wildman–Crippen MR) is 64.6 cm³/mol. The molecule has 0 aromatic carbocycles. The van der Waals surface area contributed by atoms with Crippen LogP contribution in [0.5, 0.6) is 0 Å². The SMILES string of the molecule is CCC1CC(C)CN1C(=O)c1cc(C(=O)O)co1. The Kier molecular flexibility index (Phi) is 3.41. The van der Waals surface area contributed by atoms with Gasteiger partial charge in [-0.05, 0) is 18.8 Å². The zero-order chi connectivity index (χ0) is 13.3. The van der Waals surface area contributed by atoms with Gasteiger partial charge in [0.15, 0.2) is 5.76 Å². The third kappa shape index (κ3) is 2.25. The van der Waals surface area contributed by atoms with Crippen molar-refractivity contribution >= 4 is 11.9 Å². The lowest BCUT2D eigenvalue weighted by Gasteiger charge is -2.22. The van der Waals surface area contributed by atoms with Crippen molar-refractivity contribution in [3.05, 3.63) is 23.7 Å². The number of amides is 1. The summed E-state index contributed by atoms with van der Waals surface area (Å²) in [6.07, 6.45) is 3.01. The standard InChI is InChI=1S/C13H17NO4/c1-3-10-4-8(2)6-14(10)12(15)11-5-9(7-18-11)13(16)17/h5,7-8,10H,3-4,6H2,1-2H3,(H,16,17). The summed E-state index contributed by atoms with van der Waals surface area (Å²) in [7, 11) is 0. The van der Waals surface area contributed by atoms with Gasteiger partial charge in [-0.1, -0.05) is 13.8 Å². The van der Waals surface area contributed by atoms with E-state index < -0.39 is 5.97 Å². The highest BCUT2D eigenvalue weighted by Gasteiger charge is 2.33. The molecule has 0 radical (unpaired) electrons. The van der Waals surface area contributed by atoms with E-state index in [-0.39, 0.29) is 23.3 Å². The normalized spacial score (nSPS) is 23.3. The van der Waals surface area contributed by atoms with Gasteiger partial charge in [-0.2, -0.15) is 0 Å². The number of hydrogen-bond donors (Lipinski definition) is 1. The molecule has 2 rings (SSSR count). The van der Waals surface area contributed by atoms with Gasteiger partial charge in [0.2, 0.25) is 0 Å². The molecule has 0 spiro atoms. The molecule has 0 saturated carbocycles. The van der Waals surface area contributed by atoms with Crippen molar-refractivity contribution in [3.63, 3.8) is 0 Å². The number of rotatable bonds is 3. The first kappa shape index (κ1) is 12.7. The van der Waals surface area contributed by atoms with Crippen LogP contribution in [-0.2, 0) is 0 Å². The number of aromatic carboxylic acids is 1. The van der Waals surface area contributed by atoms with Crippen molar-refractivity contribution in [1.29, 1.82) is 0 Å². The molecule has 1 fully saturated rings. The van der Waals surface area contributed by atoms with Crippen LogP contribution in [0.4, 0.5) is 0 Å². The van der Waals surface area contributed by atoms with Gasteiger partial charge in [0.05, 0.1) is 5.56 Å². The maximum Gasteiger partial charge on any atom is 0.338 e. The topological polar surface area (TPSA) is 70.8 Å². The lowest BCUT2D eigenvalue weighted by Crippen LogP contribution is -2.35. The number of carboxylic acids is 1. The molecule has 18 heavy (non-hydrogen) atoms. The third-order valence-corrected chi connectivity index (χ3v) is 3.41. The summed E-state index contributed by atoms with van der Waals surface area (Å²) in [5.41, 5.74) is 0.0126. The number of likely N-dealkylation sites (tertiary alicyclic amines) is 1. The first-order chi connectivity index (χ1) is 8.52. The molecule has 5 heteroatoms. The fourth-order valence-corrected chi connectivity index (χ4v) is 2.49. The first-order valence-electron chi connectivity index (χ1n) is 6.15. The van der Waals surface area contributed by atoms with Gasteiger partial charge < -0.3 is 14.4 Å². The van der Waals surface area contributed by atoms with E-state index in [1.807, 2.05) is 6.92 Å². The molecule has 1 aliphatic rings. The van der Waals surface area contributed by atoms with E-state index in [2.05, 4.69) is 6.92 Å². The van der Waals surface area contributed by atoms with Crippen molar-refractivity contribution in [1.82, 2.24) is 4.90 Å². The second-order valence-corrected chi connectivity index (χ2v) is 4.87. The molecule has 1 aliphatic heterocycles. The Morgan fingerprint density at radius 3 is 2.83 bits per heavy atom. The van der Waals surface area contributed by atoms with Gasteiger partial charge >= 0.3 is 5.97 Å². The molecule has 1 aromatic rings. The van der Waals surface area contributed by atoms with Gasteiger partial charge in [-0.25, -0.2) is 4.79 Å². The maximum atomic E-state index is 12.2. The van der Waals surface area contributed by atoms with E-state index in [0.717, 1.165) is 19.1 Å². The molecule has 0 bridgehead atoms. The molecular weight excluding hydrogens is 234 g/mol. The van der Waals surface area contributed by atoms with E-state index in [0.29, 0.717) is 12.5 Å². The average Bonchev–Trinajstić information content (AvgIpc) is 2.94. The molecule has 2 heterocycles. The van der Waals surface area contributed by atoms with Crippen LogP contribution in [0.1, 0.15) is 47.6 Å². The minimum atomic E-state index is -1.08. The fraction of sp³-hybridized carbons (Fsp3) is 0.538. The minimum absolute atomic E-state index is 0.0126. The van der Waals surface area contributed by atoms with E-state index in [9.17, 15) is 9.59 Å². The zero-order valence-electron chi connectivity index (χ0n) is 10.5. The summed E-state index contributed by atoms with van der Waals surface area (Å²) >= 11 is 0. The second-order valence-electron chi connectivity index (χ2n) is 4.87. The maximum absolute atomic E-state index is 12.2. The molecular formula is C13H17NO4. The van der Waals surface area contributed by atoms with Crippen molar-refractivity contribution in [2.45, 2.75) is 32.7 Å². The molecule has 1 N–H and O–H groups in total. The summed E-state index contributed by atoms with van der Waals surface area (Å²) in [5, 5.41) is 8.80. The quantitative estimate of drug-likeness (QED) is 0.894. The van der Waals surface area contributed by atoms with E-state index in [1.165, 1.54) is 6.07 Å². The number of nitrogens with zero attached hydrogens (tertiary/aromatic N) is 1. The predicted octanol–water partition coefficient (Wildman–Crippen LogP) is 2.24. The number of carbonyl (C=O) groups excluding carboxylic acids is 1. The molecule has 0 aliphatic carbocycles. The third-order valence-electron chi connectivity index (χ3n) is 3.41. The van der Waals surface area contributed by atoms with Crippen LogP contribution in [0, 0.1) is 5.92 Å². The van der Waals surface area contributed by atoms with Crippen molar-refractivity contribution in [2.24, 2.45) is 5.92 Å². The number of carboxylic acid groups (broad SMARTS) is 1. The Hall–Kier alpha value is -1.78. The molecule has 5 nitrogen and oxygen atoms in total. The van der Waals surface area contributed by atoms with Crippen LogP contribution < -0.4 is 0 Å². The summed E-state index contributed by atoms with van der Waals surface area (Å²) in [6, 6.07) is 1.52. The molecule has 1 saturated heterocycles. The minimum Gasteiger partial charge on any atom is -0.478 e. The Bertz CT molecular complexity index is 465. The summed E-state index contributed by atoms with van der Waals surface area (Å²) in [6.45, 7) is 4.87. The number of carbonyl (C=O) groups is 2. The Morgan fingerprint density at radius 1 is 1.56 bits per heavy atom. The van der Waals surface area contributed by atoms with E-state index >= 15 is 0 Å². The van der Waals surface area contributed by atoms with Crippen LogP contribution >= 0.6 is 0 Å². The first-order valence-corrected chi connectivity index (χ1v) is 6.15. The summed E-state index contributed by atoms with van der Waals surface area (Å²) < 4.78 is 5.06. The van der Waals surface area contributed by atoms with Gasteiger partial charge in [-0.15, -0.1) is 0 Å². The molecule has 2 atom stereocenters. The largest absolute Gasteiger partial charge is 0.478 e. The average molecular weight is 251 g/mol. The van der Waals surface area contributed by atoms with Crippen molar-refractivity contribution in [3.8, 4) is 0 Å². The second kappa shape index (κ2) is 4.84. The Balaban J connectivity index is 2.17. The molecule has 1 aromatic heterocycles. The highest BCUT2D eigenvalue weighted by atomic mass is 16.4. The summed E-state index contributed by atoms with van der Waals surface area (Å²) in [4.78, 5) is 24.8. The fourth-order valence-electron chi connectivity index (χ4n) is 2.49. The monoisotopic (exact) mass is 251 g/mol. The zero-order valence-corrected chi connectivity index (χ0v) is 10.5. The molecule has 98 valence electrons. The van der Waals surface area contributed by atoms with Crippen LogP contribution in [0.3, 0.4) is 0 Å². The van der Waals surface area contributed by atoms with E-state index in [4.69, 9.17) is 9.52 Å². The molecule has 1 amide bonds. The summed E-state index contributed by atoms with van der Waals surface area (Å²) in [5.74, 6) is -0.703.